The lowest BCUT2D eigenvalue weighted by Gasteiger charge is -2.38. The Kier molecular flexibility index (Phi) is 12.8. The molecule has 0 saturated heterocycles. The first-order valence-electron chi connectivity index (χ1n) is 15.7. The van der Waals surface area contributed by atoms with Crippen molar-refractivity contribution in [1.29, 1.82) is 0 Å². The van der Waals surface area contributed by atoms with E-state index in [0.717, 1.165) is 16.7 Å². The van der Waals surface area contributed by atoms with Crippen LogP contribution in [0.2, 0.25) is 0 Å². The summed E-state index contributed by atoms with van der Waals surface area (Å²) in [4.78, 5) is 56.6. The average molecular weight is 624 g/mol. The second-order valence-electron chi connectivity index (χ2n) is 14.3. The Bertz CT molecular complexity index is 1300. The third-order valence-electron chi connectivity index (χ3n) is 6.79. The smallest absolute Gasteiger partial charge is 0.408 e. The van der Waals surface area contributed by atoms with Crippen molar-refractivity contribution in [2.24, 2.45) is 5.92 Å². The summed E-state index contributed by atoms with van der Waals surface area (Å²) < 4.78 is 11.2. The van der Waals surface area contributed by atoms with Gasteiger partial charge in [0.15, 0.2) is 0 Å². The standard InChI is InChI=1S/C36H53N3O6/c1-22(2)29(38-34(43)45-36(10,11)12)32(41)39(23(3)4)30(27-19-24(5)18-25(6)20-27)31(40)37-28(33(42)44-35(7,8)9)21-26-16-14-13-15-17-26/h13-20,22-23,28-30H,21H2,1-12H3,(H,37,40)(H,38,43). The third kappa shape index (κ3) is 11.9. The summed E-state index contributed by atoms with van der Waals surface area (Å²) in [6.45, 7) is 21.7. The fourth-order valence-electron chi connectivity index (χ4n) is 5.06. The van der Waals surface area contributed by atoms with Crippen LogP contribution in [-0.2, 0) is 30.3 Å². The number of esters is 1. The lowest BCUT2D eigenvalue weighted by Crippen LogP contribution is -2.57. The molecule has 2 aromatic carbocycles. The van der Waals surface area contributed by atoms with Gasteiger partial charge in [-0.25, -0.2) is 9.59 Å². The fraction of sp³-hybridized carbons (Fsp3) is 0.556. The van der Waals surface area contributed by atoms with Crippen molar-refractivity contribution in [3.8, 4) is 0 Å². The molecule has 0 aromatic heterocycles. The topological polar surface area (TPSA) is 114 Å². The molecule has 0 saturated carbocycles. The van der Waals surface area contributed by atoms with Crippen LogP contribution in [0.3, 0.4) is 0 Å². The summed E-state index contributed by atoms with van der Waals surface area (Å²) in [6.07, 6.45) is -0.524. The quantitative estimate of drug-likeness (QED) is 0.288. The molecule has 3 amide bonds. The molecule has 0 radical (unpaired) electrons. The number of nitrogens with one attached hydrogen (secondary N) is 2. The van der Waals surface area contributed by atoms with E-state index >= 15 is 0 Å². The number of alkyl carbamates (subject to hydrolysis) is 1. The Labute approximate surface area is 269 Å². The summed E-state index contributed by atoms with van der Waals surface area (Å²) in [5.74, 6) is -1.87. The van der Waals surface area contributed by atoms with E-state index in [9.17, 15) is 19.2 Å². The zero-order valence-electron chi connectivity index (χ0n) is 29.1. The SMILES string of the molecule is Cc1cc(C)cc(C(C(=O)NC(Cc2ccccc2)C(=O)OC(C)(C)C)N(C(=O)C(NC(=O)OC(C)(C)C)C(C)C)C(C)C)c1. The Balaban J connectivity index is 2.63. The monoisotopic (exact) mass is 623 g/mol. The molecule has 0 spiro atoms. The van der Waals surface area contributed by atoms with Crippen LogP contribution in [-0.4, -0.2) is 58.1 Å². The summed E-state index contributed by atoms with van der Waals surface area (Å²) in [5.41, 5.74) is 1.73. The summed E-state index contributed by atoms with van der Waals surface area (Å²) in [7, 11) is 0. The molecule has 2 N–H and O–H groups in total. The van der Waals surface area contributed by atoms with E-state index < -0.39 is 59.2 Å². The van der Waals surface area contributed by atoms with E-state index in [1.54, 1.807) is 41.5 Å². The zero-order valence-corrected chi connectivity index (χ0v) is 29.1. The van der Waals surface area contributed by atoms with Crippen LogP contribution in [0, 0.1) is 19.8 Å². The molecule has 45 heavy (non-hydrogen) atoms. The van der Waals surface area contributed by atoms with Gasteiger partial charge in [0.2, 0.25) is 11.8 Å². The highest BCUT2D eigenvalue weighted by Crippen LogP contribution is 2.28. The van der Waals surface area contributed by atoms with E-state index in [0.29, 0.717) is 5.56 Å². The van der Waals surface area contributed by atoms with Crippen molar-refractivity contribution >= 4 is 23.9 Å². The van der Waals surface area contributed by atoms with Crippen LogP contribution >= 0.6 is 0 Å². The van der Waals surface area contributed by atoms with Crippen molar-refractivity contribution in [2.75, 3.05) is 0 Å². The number of aryl methyl sites for hydroxylation is 2. The van der Waals surface area contributed by atoms with E-state index in [1.165, 1.54) is 4.90 Å². The molecule has 0 aliphatic rings. The number of hydrogen-bond acceptors (Lipinski definition) is 6. The molecule has 9 heteroatoms. The normalized spacial score (nSPS) is 13.9. The van der Waals surface area contributed by atoms with Gasteiger partial charge in [-0.05, 0) is 86.3 Å². The lowest BCUT2D eigenvalue weighted by atomic mass is 9.95. The Hall–Kier alpha value is -3.88. The lowest BCUT2D eigenvalue weighted by molar-refractivity contribution is -0.159. The van der Waals surface area contributed by atoms with Gasteiger partial charge in [-0.2, -0.15) is 0 Å². The van der Waals surface area contributed by atoms with Gasteiger partial charge in [-0.15, -0.1) is 0 Å². The number of amides is 3. The van der Waals surface area contributed by atoms with Gasteiger partial charge in [-0.3, -0.25) is 9.59 Å². The zero-order chi connectivity index (χ0) is 34.3. The van der Waals surface area contributed by atoms with Crippen molar-refractivity contribution in [3.05, 3.63) is 70.8 Å². The summed E-state index contributed by atoms with van der Waals surface area (Å²) in [5, 5.41) is 5.67. The Morgan fingerprint density at radius 3 is 1.78 bits per heavy atom. The van der Waals surface area contributed by atoms with Crippen LogP contribution in [0.4, 0.5) is 4.79 Å². The van der Waals surface area contributed by atoms with Crippen molar-refractivity contribution in [3.63, 3.8) is 0 Å². The predicted octanol–water partition coefficient (Wildman–Crippen LogP) is 6.20. The summed E-state index contributed by atoms with van der Waals surface area (Å²) >= 11 is 0. The largest absolute Gasteiger partial charge is 0.458 e. The molecule has 2 rings (SSSR count). The van der Waals surface area contributed by atoms with E-state index in [4.69, 9.17) is 9.47 Å². The van der Waals surface area contributed by atoms with Crippen LogP contribution < -0.4 is 10.6 Å². The maximum atomic E-state index is 14.5. The molecule has 9 nitrogen and oxygen atoms in total. The van der Waals surface area contributed by atoms with E-state index in [2.05, 4.69) is 10.6 Å². The number of nitrogens with zero attached hydrogens (tertiary/aromatic N) is 1. The molecular weight excluding hydrogens is 570 g/mol. The van der Waals surface area contributed by atoms with Gasteiger partial charge in [0.1, 0.15) is 29.3 Å². The van der Waals surface area contributed by atoms with Crippen LogP contribution in [0.1, 0.15) is 97.5 Å². The highest BCUT2D eigenvalue weighted by atomic mass is 16.6. The van der Waals surface area contributed by atoms with Gasteiger partial charge >= 0.3 is 12.1 Å². The molecule has 3 atom stereocenters. The third-order valence-corrected chi connectivity index (χ3v) is 6.79. The van der Waals surface area contributed by atoms with Crippen molar-refractivity contribution in [1.82, 2.24) is 15.5 Å². The minimum absolute atomic E-state index is 0.200. The van der Waals surface area contributed by atoms with E-state index in [1.807, 2.05) is 90.1 Å². The van der Waals surface area contributed by atoms with Gasteiger partial charge < -0.3 is 25.0 Å². The molecule has 3 unspecified atom stereocenters. The molecule has 0 aliphatic carbocycles. The molecule has 0 fully saturated rings. The van der Waals surface area contributed by atoms with E-state index in [-0.39, 0.29) is 12.3 Å². The molecule has 0 heterocycles. The first-order valence-corrected chi connectivity index (χ1v) is 15.7. The molecule has 2 aromatic rings. The van der Waals surface area contributed by atoms with Gasteiger partial charge in [0.25, 0.3) is 0 Å². The average Bonchev–Trinajstić information content (AvgIpc) is 2.87. The minimum atomic E-state index is -1.11. The minimum Gasteiger partial charge on any atom is -0.458 e. The fourth-order valence-corrected chi connectivity index (χ4v) is 5.06. The van der Waals surface area contributed by atoms with Crippen molar-refractivity contribution < 1.29 is 28.7 Å². The molecule has 0 bridgehead atoms. The van der Waals surface area contributed by atoms with Gasteiger partial charge in [0.05, 0.1) is 0 Å². The van der Waals surface area contributed by atoms with Crippen LogP contribution in [0.15, 0.2) is 48.5 Å². The number of benzene rings is 2. The molecule has 248 valence electrons. The second kappa shape index (κ2) is 15.4. The number of rotatable bonds is 11. The number of carbonyl (C=O) groups excluding carboxylic acids is 4. The van der Waals surface area contributed by atoms with Crippen LogP contribution in [0.25, 0.3) is 0 Å². The maximum Gasteiger partial charge on any atom is 0.408 e. The van der Waals surface area contributed by atoms with Crippen LogP contribution in [0.5, 0.6) is 0 Å². The predicted molar refractivity (Wildman–Crippen MR) is 177 cm³/mol. The maximum absolute atomic E-state index is 14.5. The first-order chi connectivity index (χ1) is 20.7. The highest BCUT2D eigenvalue weighted by molar-refractivity contribution is 5.94. The highest BCUT2D eigenvalue weighted by Gasteiger charge is 2.40. The molecule has 0 aliphatic heterocycles. The Morgan fingerprint density at radius 2 is 1.31 bits per heavy atom. The van der Waals surface area contributed by atoms with Gasteiger partial charge in [-0.1, -0.05) is 73.5 Å². The number of carbonyl (C=O) groups is 4. The molecular formula is C36H53N3O6. The first kappa shape index (κ1) is 37.3. The Morgan fingerprint density at radius 1 is 0.778 bits per heavy atom. The van der Waals surface area contributed by atoms with Gasteiger partial charge in [0, 0.05) is 12.5 Å². The summed E-state index contributed by atoms with van der Waals surface area (Å²) in [6, 6.07) is 11.5. The number of ether oxygens (including phenoxy) is 2. The number of hydrogen-bond donors (Lipinski definition) is 2. The second-order valence-corrected chi connectivity index (χ2v) is 14.3. The van der Waals surface area contributed by atoms with Crippen molar-refractivity contribution in [2.45, 2.75) is 125 Å².